The van der Waals surface area contributed by atoms with Crippen LogP contribution in [0.1, 0.15) is 114 Å². The number of nitrogens with two attached hydrogens (primary N) is 4. The molecule has 0 saturated heterocycles. The van der Waals surface area contributed by atoms with Crippen molar-refractivity contribution in [2.75, 3.05) is 12.3 Å². The number of primary amides is 1. The molecule has 0 bridgehead atoms. The monoisotopic (exact) mass is 1030 g/mol. The minimum atomic E-state index is -1.68. The van der Waals surface area contributed by atoms with Gasteiger partial charge >= 0.3 is 11.9 Å². The number of carbonyl (C=O) groups is 11. The number of aliphatic imine (C=N–C) groups is 1. The number of nitrogens with zero attached hydrogens (tertiary/aromatic N) is 1. The maximum atomic E-state index is 13.8. The molecule has 9 amide bonds. The second-order valence-corrected chi connectivity index (χ2v) is 19.3. The number of carboxylic acids is 2. The third-order valence-corrected chi connectivity index (χ3v) is 10.8. The highest BCUT2D eigenvalue weighted by Gasteiger charge is 2.35. The number of amides is 9. The van der Waals surface area contributed by atoms with Gasteiger partial charge in [-0.1, -0.05) is 55.4 Å². The number of rotatable bonds is 34. The van der Waals surface area contributed by atoms with Crippen LogP contribution in [-0.2, 0) is 52.7 Å². The quantitative estimate of drug-likeness (QED) is 0.0131. The summed E-state index contributed by atoms with van der Waals surface area (Å²) in [6.45, 7) is 15.3. The number of aliphatic carboxylic acids is 2. The first-order valence-electron chi connectivity index (χ1n) is 23.5. The van der Waals surface area contributed by atoms with Crippen molar-refractivity contribution in [1.29, 1.82) is 0 Å². The number of nitrogens with one attached hydrogen (secondary N) is 8. The molecule has 0 aromatic heterocycles. The molecule has 0 aliphatic carbocycles. The Hall–Kier alpha value is -6.25. The van der Waals surface area contributed by atoms with E-state index < -0.39 is 145 Å². The molecule has 9 atom stereocenters. The van der Waals surface area contributed by atoms with Gasteiger partial charge in [-0.3, -0.25) is 52.9 Å². The lowest BCUT2D eigenvalue weighted by Gasteiger charge is -2.28. The highest BCUT2D eigenvalue weighted by Crippen LogP contribution is 2.12. The summed E-state index contributed by atoms with van der Waals surface area (Å²) in [5, 5.41) is 38.7. The molecule has 0 fully saturated rings. The van der Waals surface area contributed by atoms with Crippen LogP contribution >= 0.6 is 12.6 Å². The van der Waals surface area contributed by atoms with Gasteiger partial charge in [-0.2, -0.15) is 12.6 Å². The third kappa shape index (κ3) is 26.5. The Bertz CT molecular complexity index is 1880. The fourth-order valence-electron chi connectivity index (χ4n) is 6.71. The first-order valence-corrected chi connectivity index (χ1v) is 24.1. The van der Waals surface area contributed by atoms with Gasteiger partial charge in [-0.05, 0) is 69.1 Å². The van der Waals surface area contributed by atoms with E-state index in [0.717, 1.165) is 0 Å². The van der Waals surface area contributed by atoms with Crippen molar-refractivity contribution in [3.8, 4) is 0 Å². The summed E-state index contributed by atoms with van der Waals surface area (Å²) in [5.74, 6) is -12.3. The zero-order chi connectivity index (χ0) is 54.9. The van der Waals surface area contributed by atoms with Crippen molar-refractivity contribution in [1.82, 2.24) is 42.5 Å². The molecule has 26 nitrogen and oxygen atoms in total. The number of hydrogen-bond acceptors (Lipinski definition) is 14. The van der Waals surface area contributed by atoms with Crippen LogP contribution < -0.4 is 65.5 Å². The molecular weight excluding hydrogens is 951 g/mol. The third-order valence-electron chi connectivity index (χ3n) is 10.4. The second kappa shape index (κ2) is 32.6. The molecule has 18 N–H and O–H groups in total. The van der Waals surface area contributed by atoms with E-state index in [9.17, 15) is 63.0 Å². The largest absolute Gasteiger partial charge is 0.481 e. The van der Waals surface area contributed by atoms with Crippen LogP contribution in [0.5, 0.6) is 0 Å². The van der Waals surface area contributed by atoms with Crippen molar-refractivity contribution in [2.24, 2.45) is 51.6 Å². The normalized spacial score (nSPS) is 15.0. The van der Waals surface area contributed by atoms with E-state index in [0.29, 0.717) is 6.42 Å². The van der Waals surface area contributed by atoms with Gasteiger partial charge in [0.05, 0.1) is 12.5 Å². The molecule has 0 aromatic carbocycles. The fraction of sp³-hybridized carbons (Fsp3) is 0.727. The highest BCUT2D eigenvalue weighted by molar-refractivity contribution is 7.80. The molecule has 0 unspecified atom stereocenters. The van der Waals surface area contributed by atoms with E-state index in [1.165, 1.54) is 6.92 Å². The number of hydrogen-bond donors (Lipinski definition) is 15. The Balaban J connectivity index is 6.16. The van der Waals surface area contributed by atoms with Crippen LogP contribution in [0.3, 0.4) is 0 Å². The van der Waals surface area contributed by atoms with Gasteiger partial charge in [-0.25, -0.2) is 4.79 Å². The van der Waals surface area contributed by atoms with Crippen molar-refractivity contribution in [2.45, 2.75) is 168 Å². The average molecular weight is 1030 g/mol. The summed E-state index contributed by atoms with van der Waals surface area (Å²) in [4.78, 5) is 147. The molecule has 0 aliphatic rings. The Morgan fingerprint density at radius 1 is 0.507 bits per heavy atom. The van der Waals surface area contributed by atoms with Gasteiger partial charge in [0.1, 0.15) is 48.3 Å². The van der Waals surface area contributed by atoms with Crippen LogP contribution in [0.25, 0.3) is 0 Å². The maximum Gasteiger partial charge on any atom is 0.326 e. The van der Waals surface area contributed by atoms with E-state index >= 15 is 0 Å². The number of guanidine groups is 1. The van der Waals surface area contributed by atoms with E-state index in [-0.39, 0.29) is 61.7 Å². The molecule has 27 heteroatoms. The van der Waals surface area contributed by atoms with E-state index in [1.807, 2.05) is 13.8 Å². The molecule has 0 spiro atoms. The zero-order valence-electron chi connectivity index (χ0n) is 42.2. The fourth-order valence-corrected chi connectivity index (χ4v) is 6.97. The molecule has 0 heterocycles. The number of thiol groups is 1. The molecule has 0 radical (unpaired) electrons. The summed E-state index contributed by atoms with van der Waals surface area (Å²) in [5.41, 5.74) is 22.1. The standard InChI is InChI=1S/C44H79N13O13S/c1-20(2)15-27(38(64)55-30(43(69)70)17-22(5)6)53-39(65)29(18-32(46)58)54-41(67)31(19-71)56-35(61)24(9)50-37(63)26(12-13-33(59)60)51-42(68)34(23(7)8)57-40(66)28(16-21(3)4)52-36(62)25(45)11-10-14-49-44(47)48/h20-31,34,71H,10-19,45H2,1-9H3,(H2,46,58)(H,50,63)(H,51,68)(H,52,62)(H,53,65)(H,54,67)(H,55,64)(H,56,61)(H,57,66)(H,59,60)(H,69,70)(H4,47,48,49)/t24-,25-,26-,27-,28-,29-,30-,31-,34-/m0/s1. The maximum absolute atomic E-state index is 13.8. The summed E-state index contributed by atoms with van der Waals surface area (Å²) < 4.78 is 0. The minimum Gasteiger partial charge on any atom is -0.481 e. The van der Waals surface area contributed by atoms with Gasteiger partial charge in [0.2, 0.25) is 53.2 Å². The van der Waals surface area contributed by atoms with Gasteiger partial charge < -0.3 is 75.7 Å². The van der Waals surface area contributed by atoms with Crippen molar-refractivity contribution in [3.63, 3.8) is 0 Å². The van der Waals surface area contributed by atoms with Crippen LogP contribution in [0.4, 0.5) is 0 Å². The Labute approximate surface area is 420 Å². The van der Waals surface area contributed by atoms with E-state index in [1.54, 1.807) is 41.5 Å². The molecular formula is C44H79N13O13S. The molecule has 0 aliphatic heterocycles. The molecule has 0 aromatic rings. The average Bonchev–Trinajstić information content (AvgIpc) is 3.24. The predicted molar refractivity (Wildman–Crippen MR) is 264 cm³/mol. The topological polar surface area (TPSA) is 441 Å². The SMILES string of the molecule is CC(C)C[C@H](NC(=O)[C@H](CC(C)C)NC(=O)[C@H](CC(N)=O)NC(=O)[C@H](CS)NC(=O)[C@H](C)NC(=O)[C@H](CCC(=O)O)NC(=O)[C@@H](NC(=O)[C@H](CC(C)C)NC(=O)[C@@H](N)CCCN=C(N)N)C(C)C)C(=O)O. The van der Waals surface area contributed by atoms with Crippen LogP contribution in [0.2, 0.25) is 0 Å². The lowest BCUT2D eigenvalue weighted by molar-refractivity contribution is -0.143. The van der Waals surface area contributed by atoms with Gasteiger partial charge in [0.15, 0.2) is 5.96 Å². The van der Waals surface area contributed by atoms with Gasteiger partial charge in [0.25, 0.3) is 0 Å². The lowest BCUT2D eigenvalue weighted by Crippen LogP contribution is -2.61. The van der Waals surface area contributed by atoms with Crippen molar-refractivity contribution >= 4 is 83.7 Å². The van der Waals surface area contributed by atoms with Crippen LogP contribution in [0, 0.1) is 23.7 Å². The smallest absolute Gasteiger partial charge is 0.326 e. The molecule has 404 valence electrons. The van der Waals surface area contributed by atoms with Crippen molar-refractivity contribution in [3.05, 3.63) is 0 Å². The summed E-state index contributed by atoms with van der Waals surface area (Å²) in [6.07, 6.45) is -0.964. The van der Waals surface area contributed by atoms with Gasteiger partial charge in [-0.15, -0.1) is 0 Å². The summed E-state index contributed by atoms with van der Waals surface area (Å²) in [6, 6.07) is -12.2. The van der Waals surface area contributed by atoms with Crippen LogP contribution in [-0.4, -0.2) is 148 Å². The molecule has 71 heavy (non-hydrogen) atoms. The Morgan fingerprint density at radius 3 is 1.39 bits per heavy atom. The van der Waals surface area contributed by atoms with Crippen LogP contribution in [0.15, 0.2) is 4.99 Å². The van der Waals surface area contributed by atoms with Gasteiger partial charge in [0, 0.05) is 18.7 Å². The summed E-state index contributed by atoms with van der Waals surface area (Å²) >= 11 is 4.13. The first-order chi connectivity index (χ1) is 32.9. The zero-order valence-corrected chi connectivity index (χ0v) is 43.1. The van der Waals surface area contributed by atoms with Crippen molar-refractivity contribution < 1.29 is 63.0 Å². The Kier molecular flexibility index (Phi) is 29.7. The summed E-state index contributed by atoms with van der Waals surface area (Å²) in [7, 11) is 0. The number of carbonyl (C=O) groups excluding carboxylic acids is 9. The van der Waals surface area contributed by atoms with E-state index in [4.69, 9.17) is 22.9 Å². The molecule has 0 saturated carbocycles. The van der Waals surface area contributed by atoms with E-state index in [2.05, 4.69) is 60.2 Å². The minimum absolute atomic E-state index is 0.0406. The second-order valence-electron chi connectivity index (χ2n) is 18.9. The predicted octanol–water partition coefficient (Wildman–Crippen LogP) is -3.19. The lowest BCUT2D eigenvalue weighted by atomic mass is 9.99. The first kappa shape index (κ1) is 64.8. The highest BCUT2D eigenvalue weighted by atomic mass is 32.1. The molecule has 0 rings (SSSR count). The number of carboxylic acid groups (broad SMARTS) is 2. The Morgan fingerprint density at radius 2 is 0.930 bits per heavy atom.